The molecule has 2 rings (SSSR count). The Morgan fingerprint density at radius 3 is 2.41 bits per heavy atom. The third-order valence-corrected chi connectivity index (χ3v) is 3.03. The fraction of sp³-hybridized carbons (Fsp3) is 0.267. The van der Waals surface area contributed by atoms with Crippen molar-refractivity contribution >= 4 is 23.9 Å². The highest BCUT2D eigenvalue weighted by Crippen LogP contribution is 2.25. The van der Waals surface area contributed by atoms with Gasteiger partial charge in [0.2, 0.25) is 0 Å². The molecule has 7 heteroatoms. The van der Waals surface area contributed by atoms with Gasteiger partial charge in [-0.25, -0.2) is 4.79 Å². The Morgan fingerprint density at radius 2 is 1.82 bits per heavy atom. The molecule has 1 fully saturated rings. The van der Waals surface area contributed by atoms with Gasteiger partial charge in [-0.1, -0.05) is 0 Å². The van der Waals surface area contributed by atoms with Gasteiger partial charge in [0.15, 0.2) is 0 Å². The molecule has 0 unspecified atom stereocenters. The van der Waals surface area contributed by atoms with Crippen LogP contribution in [-0.2, 0) is 19.2 Å². The molecule has 0 bridgehead atoms. The van der Waals surface area contributed by atoms with Gasteiger partial charge in [0.05, 0.1) is 14.2 Å². The first-order chi connectivity index (χ1) is 10.5. The number of rotatable bonds is 5. The predicted molar refractivity (Wildman–Crippen MR) is 75.8 cm³/mol. The van der Waals surface area contributed by atoms with Crippen LogP contribution in [0.25, 0.3) is 6.08 Å². The molecule has 0 spiro atoms. The van der Waals surface area contributed by atoms with E-state index in [2.05, 4.69) is 0 Å². The van der Waals surface area contributed by atoms with E-state index in [0.29, 0.717) is 22.1 Å². The Kier molecular flexibility index (Phi) is 4.77. The quantitative estimate of drug-likeness (QED) is 0.603. The van der Waals surface area contributed by atoms with E-state index in [1.165, 1.54) is 20.3 Å². The lowest BCUT2D eigenvalue weighted by Gasteiger charge is -2.11. The highest BCUT2D eigenvalue weighted by atomic mass is 16.7. The van der Waals surface area contributed by atoms with Crippen LogP contribution in [0.15, 0.2) is 24.3 Å². The molecule has 22 heavy (non-hydrogen) atoms. The Labute approximate surface area is 127 Å². The molecule has 1 aromatic carbocycles. The molecule has 0 aromatic heterocycles. The van der Waals surface area contributed by atoms with Gasteiger partial charge in [0, 0.05) is 30.5 Å². The molecule has 1 aliphatic rings. The number of hydrogen-bond donors (Lipinski definition) is 0. The third kappa shape index (κ3) is 3.43. The SMILES string of the molecule is COc1ccc(C=CC(=O)ON2C(=O)CCC2=O)c(OC)c1. The highest BCUT2D eigenvalue weighted by Gasteiger charge is 2.32. The lowest BCUT2D eigenvalue weighted by molar-refractivity contribution is -0.193. The first-order valence-electron chi connectivity index (χ1n) is 6.53. The van der Waals surface area contributed by atoms with E-state index < -0.39 is 17.8 Å². The van der Waals surface area contributed by atoms with Crippen molar-refractivity contribution in [1.82, 2.24) is 5.06 Å². The molecule has 0 aliphatic carbocycles. The largest absolute Gasteiger partial charge is 0.497 e. The van der Waals surface area contributed by atoms with Gasteiger partial charge in [-0.2, -0.15) is 0 Å². The van der Waals surface area contributed by atoms with Crippen molar-refractivity contribution in [3.05, 3.63) is 29.8 Å². The number of methoxy groups -OCH3 is 2. The summed E-state index contributed by atoms with van der Waals surface area (Å²) in [5, 5.41) is 0.498. The zero-order chi connectivity index (χ0) is 16.1. The second-order valence-electron chi connectivity index (χ2n) is 4.43. The predicted octanol–water partition coefficient (Wildman–Crippen LogP) is 1.32. The molecule has 0 radical (unpaired) electrons. The molecular formula is C15H15NO6. The minimum absolute atomic E-state index is 0.0577. The fourth-order valence-corrected chi connectivity index (χ4v) is 1.89. The van der Waals surface area contributed by atoms with Crippen LogP contribution in [0.2, 0.25) is 0 Å². The standard InChI is InChI=1S/C15H15NO6/c1-20-11-5-3-10(12(9-11)21-2)4-8-15(19)22-16-13(17)6-7-14(16)18/h3-5,8-9H,6-7H2,1-2H3. The molecule has 1 heterocycles. The monoisotopic (exact) mass is 305 g/mol. The van der Waals surface area contributed by atoms with Gasteiger partial charge in [-0.15, -0.1) is 5.06 Å². The average Bonchev–Trinajstić information content (AvgIpc) is 2.84. The van der Waals surface area contributed by atoms with Crippen molar-refractivity contribution in [2.45, 2.75) is 12.8 Å². The summed E-state index contributed by atoms with van der Waals surface area (Å²) < 4.78 is 10.3. The van der Waals surface area contributed by atoms with Crippen molar-refractivity contribution in [2.24, 2.45) is 0 Å². The smallest absolute Gasteiger partial charge is 0.356 e. The normalized spacial score (nSPS) is 14.5. The van der Waals surface area contributed by atoms with Crippen molar-refractivity contribution in [3.63, 3.8) is 0 Å². The van der Waals surface area contributed by atoms with Gasteiger partial charge in [0.1, 0.15) is 11.5 Å². The van der Waals surface area contributed by atoms with E-state index in [1.807, 2.05) is 0 Å². The lowest BCUT2D eigenvalue weighted by Crippen LogP contribution is -2.31. The molecule has 0 atom stereocenters. The molecular weight excluding hydrogens is 290 g/mol. The summed E-state index contributed by atoms with van der Waals surface area (Å²) in [5.74, 6) is -0.731. The summed E-state index contributed by atoms with van der Waals surface area (Å²) in [6.07, 6.45) is 2.69. The zero-order valence-corrected chi connectivity index (χ0v) is 12.2. The maximum absolute atomic E-state index is 11.7. The summed E-state index contributed by atoms with van der Waals surface area (Å²) in [7, 11) is 3.03. The number of amides is 2. The van der Waals surface area contributed by atoms with E-state index in [0.717, 1.165) is 6.08 Å². The van der Waals surface area contributed by atoms with Crippen molar-refractivity contribution in [1.29, 1.82) is 0 Å². The van der Waals surface area contributed by atoms with Gasteiger partial charge in [-0.05, 0) is 18.2 Å². The topological polar surface area (TPSA) is 82.1 Å². The van der Waals surface area contributed by atoms with Crippen LogP contribution in [0.1, 0.15) is 18.4 Å². The maximum Gasteiger partial charge on any atom is 0.356 e. The Morgan fingerprint density at radius 1 is 1.14 bits per heavy atom. The fourth-order valence-electron chi connectivity index (χ4n) is 1.89. The van der Waals surface area contributed by atoms with Gasteiger partial charge < -0.3 is 14.3 Å². The third-order valence-electron chi connectivity index (χ3n) is 3.03. The highest BCUT2D eigenvalue weighted by molar-refractivity contribution is 6.02. The van der Waals surface area contributed by atoms with Crippen molar-refractivity contribution in [3.8, 4) is 11.5 Å². The van der Waals surface area contributed by atoms with E-state index in [1.54, 1.807) is 18.2 Å². The summed E-state index contributed by atoms with van der Waals surface area (Å²) >= 11 is 0. The zero-order valence-electron chi connectivity index (χ0n) is 12.2. The first-order valence-corrected chi connectivity index (χ1v) is 6.53. The van der Waals surface area contributed by atoms with E-state index >= 15 is 0 Å². The van der Waals surface area contributed by atoms with Crippen LogP contribution in [0.4, 0.5) is 0 Å². The minimum atomic E-state index is -0.818. The molecule has 7 nitrogen and oxygen atoms in total. The number of hydroxylamine groups is 2. The molecule has 0 N–H and O–H groups in total. The van der Waals surface area contributed by atoms with E-state index in [-0.39, 0.29) is 12.8 Å². The number of hydrogen-bond acceptors (Lipinski definition) is 6. The van der Waals surface area contributed by atoms with Gasteiger partial charge in [-0.3, -0.25) is 9.59 Å². The molecule has 116 valence electrons. The lowest BCUT2D eigenvalue weighted by atomic mass is 10.2. The molecule has 0 saturated carbocycles. The van der Waals surface area contributed by atoms with Crippen LogP contribution >= 0.6 is 0 Å². The Hall–Kier alpha value is -2.83. The Balaban J connectivity index is 2.06. The summed E-state index contributed by atoms with van der Waals surface area (Å²) in [6, 6.07) is 5.08. The Bertz CT molecular complexity index is 621. The van der Waals surface area contributed by atoms with Crippen molar-refractivity contribution in [2.75, 3.05) is 14.2 Å². The molecule has 1 aromatic rings. The van der Waals surface area contributed by atoms with Crippen molar-refractivity contribution < 1.29 is 28.7 Å². The number of imide groups is 1. The molecule has 1 saturated heterocycles. The number of carbonyl (C=O) groups is 3. The van der Waals surface area contributed by atoms with Crippen LogP contribution in [0.5, 0.6) is 11.5 Å². The number of nitrogens with zero attached hydrogens (tertiary/aromatic N) is 1. The van der Waals surface area contributed by atoms with Crippen LogP contribution in [0, 0.1) is 0 Å². The van der Waals surface area contributed by atoms with E-state index in [9.17, 15) is 14.4 Å². The van der Waals surface area contributed by atoms with E-state index in [4.69, 9.17) is 14.3 Å². The second kappa shape index (κ2) is 6.75. The van der Waals surface area contributed by atoms with Crippen LogP contribution in [0.3, 0.4) is 0 Å². The first kappa shape index (κ1) is 15.6. The summed E-state index contributed by atoms with van der Waals surface area (Å²) in [4.78, 5) is 39.1. The summed E-state index contributed by atoms with van der Waals surface area (Å²) in [5.41, 5.74) is 0.624. The van der Waals surface area contributed by atoms with Crippen LogP contribution < -0.4 is 9.47 Å². The molecule has 1 aliphatic heterocycles. The number of carbonyl (C=O) groups excluding carboxylic acids is 3. The minimum Gasteiger partial charge on any atom is -0.497 e. The van der Waals surface area contributed by atoms with Crippen LogP contribution in [-0.4, -0.2) is 37.1 Å². The second-order valence-corrected chi connectivity index (χ2v) is 4.43. The van der Waals surface area contributed by atoms with Gasteiger partial charge >= 0.3 is 5.97 Å². The average molecular weight is 305 g/mol. The van der Waals surface area contributed by atoms with Gasteiger partial charge in [0.25, 0.3) is 11.8 Å². The summed E-state index contributed by atoms with van der Waals surface area (Å²) in [6.45, 7) is 0. The molecule has 2 amide bonds. The number of ether oxygens (including phenoxy) is 2. The number of benzene rings is 1. The maximum atomic E-state index is 11.7.